The van der Waals surface area contributed by atoms with Gasteiger partial charge in [0.25, 0.3) is 15.9 Å². The summed E-state index contributed by atoms with van der Waals surface area (Å²) < 4.78 is 31.6. The molecule has 0 saturated heterocycles. The maximum Gasteiger partial charge on any atom is 0.264 e. The van der Waals surface area contributed by atoms with E-state index in [1.165, 1.54) is 31.2 Å². The summed E-state index contributed by atoms with van der Waals surface area (Å²) in [5.41, 5.74) is 0.275. The van der Waals surface area contributed by atoms with Crippen LogP contribution >= 0.6 is 0 Å². The molecule has 0 aliphatic heterocycles. The molecule has 1 aliphatic carbocycles. The van der Waals surface area contributed by atoms with Crippen molar-refractivity contribution in [2.45, 2.75) is 43.6 Å². The maximum atomic E-state index is 12.1. The number of sulfonamides is 1. The summed E-state index contributed by atoms with van der Waals surface area (Å²) >= 11 is 0. The monoisotopic (exact) mass is 325 g/mol. The molecule has 1 N–H and O–H groups in total. The van der Waals surface area contributed by atoms with Crippen molar-refractivity contribution in [2.75, 3.05) is 6.61 Å². The Balaban J connectivity index is 1.99. The van der Waals surface area contributed by atoms with Gasteiger partial charge >= 0.3 is 0 Å². The predicted octanol–water partition coefficient (Wildman–Crippen LogP) is 1.65. The summed E-state index contributed by atoms with van der Waals surface area (Å²) in [5.74, 6) is -0.951. The van der Waals surface area contributed by atoms with Crippen molar-refractivity contribution >= 4 is 21.7 Å². The number of rotatable bonds is 6. The molecule has 0 radical (unpaired) electrons. The molecular formula is C15H19NO5S. The van der Waals surface area contributed by atoms with Crippen LogP contribution in [0, 0.1) is 0 Å². The van der Waals surface area contributed by atoms with Crippen LogP contribution in [0.15, 0.2) is 29.2 Å². The fraction of sp³-hybridized carbons (Fsp3) is 0.467. The van der Waals surface area contributed by atoms with Gasteiger partial charge in [0.1, 0.15) is 6.61 Å². The lowest BCUT2D eigenvalue weighted by atomic mass is 10.2. The van der Waals surface area contributed by atoms with Crippen molar-refractivity contribution in [2.24, 2.45) is 0 Å². The number of nitrogens with one attached hydrogen (secondary N) is 1. The lowest BCUT2D eigenvalue weighted by Gasteiger charge is -2.11. The van der Waals surface area contributed by atoms with E-state index in [9.17, 15) is 18.0 Å². The number of carbonyl (C=O) groups is 2. The molecule has 2 rings (SSSR count). The quantitative estimate of drug-likeness (QED) is 0.803. The van der Waals surface area contributed by atoms with Crippen LogP contribution in [0.3, 0.4) is 0 Å². The fourth-order valence-corrected chi connectivity index (χ4v) is 3.39. The third kappa shape index (κ3) is 4.38. The Bertz CT molecular complexity index is 662. The molecule has 1 amide bonds. The van der Waals surface area contributed by atoms with Gasteiger partial charge in [0.05, 0.1) is 11.0 Å². The van der Waals surface area contributed by atoms with E-state index < -0.39 is 15.9 Å². The third-order valence-electron chi connectivity index (χ3n) is 3.55. The van der Waals surface area contributed by atoms with Gasteiger partial charge in [-0.2, -0.15) is 0 Å². The van der Waals surface area contributed by atoms with E-state index in [1.807, 2.05) is 4.72 Å². The predicted molar refractivity (Wildman–Crippen MR) is 80.0 cm³/mol. The average molecular weight is 325 g/mol. The summed E-state index contributed by atoms with van der Waals surface area (Å²) in [6, 6.07) is 5.56. The lowest BCUT2D eigenvalue weighted by molar-refractivity contribution is -0.125. The Kier molecular flexibility index (Phi) is 5.31. The van der Waals surface area contributed by atoms with E-state index in [0.29, 0.717) is 0 Å². The van der Waals surface area contributed by atoms with E-state index in [-0.39, 0.29) is 29.0 Å². The Morgan fingerprint density at radius 1 is 1.27 bits per heavy atom. The molecule has 7 heteroatoms. The van der Waals surface area contributed by atoms with Gasteiger partial charge in [-0.15, -0.1) is 0 Å². The summed E-state index contributed by atoms with van der Waals surface area (Å²) in [6.45, 7) is 1.07. The maximum absolute atomic E-state index is 12.1. The van der Waals surface area contributed by atoms with Gasteiger partial charge in [0.2, 0.25) is 0 Å². The first-order valence-electron chi connectivity index (χ1n) is 7.17. The standard InChI is InChI=1S/C15H19NO5S/c1-11(17)12-5-4-8-14(9-12)22(19,20)16-15(18)10-21-13-6-2-3-7-13/h4-5,8-9,13H,2-3,6-7,10H2,1H3,(H,16,18). The molecule has 6 nitrogen and oxygen atoms in total. The van der Waals surface area contributed by atoms with Crippen LogP contribution in [0.1, 0.15) is 43.0 Å². The number of ketones is 1. The Labute approximate surface area is 129 Å². The number of hydrogen-bond acceptors (Lipinski definition) is 5. The van der Waals surface area contributed by atoms with Crippen molar-refractivity contribution in [3.63, 3.8) is 0 Å². The second-order valence-corrected chi connectivity index (χ2v) is 7.01. The molecule has 0 spiro atoms. The molecule has 0 atom stereocenters. The minimum atomic E-state index is -3.99. The highest BCUT2D eigenvalue weighted by molar-refractivity contribution is 7.90. The zero-order valence-corrected chi connectivity index (χ0v) is 13.2. The first-order chi connectivity index (χ1) is 10.4. The van der Waals surface area contributed by atoms with Crippen molar-refractivity contribution in [1.82, 2.24) is 4.72 Å². The Morgan fingerprint density at radius 2 is 1.95 bits per heavy atom. The molecule has 1 aromatic rings. The summed E-state index contributed by atoms with van der Waals surface area (Å²) in [4.78, 5) is 22.9. The second-order valence-electron chi connectivity index (χ2n) is 5.33. The molecule has 120 valence electrons. The first-order valence-corrected chi connectivity index (χ1v) is 8.65. The zero-order chi connectivity index (χ0) is 16.2. The van der Waals surface area contributed by atoms with E-state index in [1.54, 1.807) is 0 Å². The number of amides is 1. The Morgan fingerprint density at radius 3 is 2.59 bits per heavy atom. The van der Waals surface area contributed by atoms with Gasteiger partial charge in [0, 0.05) is 5.56 Å². The van der Waals surface area contributed by atoms with Gasteiger partial charge in [-0.25, -0.2) is 13.1 Å². The van der Waals surface area contributed by atoms with E-state index in [4.69, 9.17) is 4.74 Å². The molecule has 0 aromatic heterocycles. The number of ether oxygens (including phenoxy) is 1. The molecule has 1 saturated carbocycles. The smallest absolute Gasteiger partial charge is 0.264 e. The van der Waals surface area contributed by atoms with Crippen LogP contribution in [-0.4, -0.2) is 32.8 Å². The molecule has 0 heterocycles. The lowest BCUT2D eigenvalue weighted by Crippen LogP contribution is -2.34. The first kappa shape index (κ1) is 16.6. The number of Topliss-reactive ketones (excluding diaryl/α,β-unsaturated/α-hetero) is 1. The van der Waals surface area contributed by atoms with Crippen LogP contribution in [0.25, 0.3) is 0 Å². The molecule has 22 heavy (non-hydrogen) atoms. The van der Waals surface area contributed by atoms with Gasteiger partial charge in [-0.1, -0.05) is 25.0 Å². The number of hydrogen-bond donors (Lipinski definition) is 1. The normalized spacial score (nSPS) is 15.7. The van der Waals surface area contributed by atoms with Crippen LogP contribution in [0.4, 0.5) is 0 Å². The number of benzene rings is 1. The van der Waals surface area contributed by atoms with E-state index in [2.05, 4.69) is 0 Å². The molecule has 0 unspecified atom stereocenters. The summed E-state index contributed by atoms with van der Waals surface area (Å²) in [7, 11) is -3.99. The number of carbonyl (C=O) groups excluding carboxylic acids is 2. The van der Waals surface area contributed by atoms with Crippen LogP contribution in [0.5, 0.6) is 0 Å². The molecule has 1 fully saturated rings. The van der Waals surface area contributed by atoms with Crippen molar-refractivity contribution in [3.05, 3.63) is 29.8 Å². The highest BCUT2D eigenvalue weighted by atomic mass is 32.2. The minimum Gasteiger partial charge on any atom is -0.368 e. The average Bonchev–Trinajstić information content (AvgIpc) is 2.98. The van der Waals surface area contributed by atoms with Gasteiger partial charge in [-0.3, -0.25) is 9.59 Å². The van der Waals surface area contributed by atoms with Crippen LogP contribution < -0.4 is 4.72 Å². The third-order valence-corrected chi connectivity index (χ3v) is 4.92. The van der Waals surface area contributed by atoms with Crippen molar-refractivity contribution in [1.29, 1.82) is 0 Å². The second kappa shape index (κ2) is 7.02. The van der Waals surface area contributed by atoms with Crippen molar-refractivity contribution < 1.29 is 22.7 Å². The van der Waals surface area contributed by atoms with Crippen LogP contribution in [-0.2, 0) is 19.6 Å². The highest BCUT2D eigenvalue weighted by Crippen LogP contribution is 2.20. The Hall–Kier alpha value is -1.73. The largest absolute Gasteiger partial charge is 0.368 e. The molecule has 0 bridgehead atoms. The molecular weight excluding hydrogens is 306 g/mol. The molecule has 1 aromatic carbocycles. The topological polar surface area (TPSA) is 89.5 Å². The fourth-order valence-electron chi connectivity index (χ4n) is 2.37. The minimum absolute atomic E-state index is 0.0366. The van der Waals surface area contributed by atoms with E-state index >= 15 is 0 Å². The zero-order valence-electron chi connectivity index (χ0n) is 12.4. The summed E-state index contributed by atoms with van der Waals surface area (Å²) in [5, 5.41) is 0. The SMILES string of the molecule is CC(=O)c1cccc(S(=O)(=O)NC(=O)COC2CCCC2)c1. The van der Waals surface area contributed by atoms with E-state index in [0.717, 1.165) is 25.7 Å². The summed E-state index contributed by atoms with van der Waals surface area (Å²) in [6.07, 6.45) is 3.99. The highest BCUT2D eigenvalue weighted by Gasteiger charge is 2.21. The van der Waals surface area contributed by atoms with Crippen molar-refractivity contribution in [3.8, 4) is 0 Å². The van der Waals surface area contributed by atoms with Gasteiger partial charge in [-0.05, 0) is 31.9 Å². The van der Waals surface area contributed by atoms with Gasteiger partial charge < -0.3 is 4.74 Å². The van der Waals surface area contributed by atoms with Crippen LogP contribution in [0.2, 0.25) is 0 Å². The molecule has 1 aliphatic rings. The van der Waals surface area contributed by atoms with Gasteiger partial charge in [0.15, 0.2) is 5.78 Å².